The van der Waals surface area contributed by atoms with Gasteiger partial charge in [0, 0.05) is 39.1 Å². The van der Waals surface area contributed by atoms with Crippen molar-refractivity contribution in [2.24, 2.45) is 15.3 Å². The summed E-state index contributed by atoms with van der Waals surface area (Å²) < 4.78 is 0. The van der Waals surface area contributed by atoms with Crippen LogP contribution in [0.1, 0.15) is 25.0 Å². The summed E-state index contributed by atoms with van der Waals surface area (Å²) in [6.45, 7) is 5.27. The molecule has 0 aliphatic rings. The molecule has 10 heteroatoms. The van der Waals surface area contributed by atoms with Gasteiger partial charge in [0.05, 0.1) is 11.4 Å². The summed E-state index contributed by atoms with van der Waals surface area (Å²) >= 11 is 5.16. The van der Waals surface area contributed by atoms with Crippen molar-refractivity contribution in [3.8, 4) is 0 Å². The van der Waals surface area contributed by atoms with Crippen LogP contribution in [0, 0.1) is 0 Å². The number of amidine groups is 1. The Hall–Kier alpha value is -2.78. The van der Waals surface area contributed by atoms with Gasteiger partial charge in [-0.2, -0.15) is 15.3 Å². The van der Waals surface area contributed by atoms with Crippen LogP contribution in [0.4, 0.5) is 11.5 Å². The van der Waals surface area contributed by atoms with Gasteiger partial charge in [0.25, 0.3) is 0 Å². The maximum atomic E-state index is 5.16. The average Bonchev–Trinajstić information content (AvgIpc) is 2.80. The number of rotatable bonds is 10. The first kappa shape index (κ1) is 29.3. The minimum Gasteiger partial charge on any atom is -0.741 e. The van der Waals surface area contributed by atoms with E-state index in [2.05, 4.69) is 71.2 Å². The van der Waals surface area contributed by atoms with Gasteiger partial charge in [-0.05, 0) is 68.5 Å². The third-order valence-corrected chi connectivity index (χ3v) is 4.88. The predicted molar refractivity (Wildman–Crippen MR) is 145 cm³/mol. The molecule has 0 unspecified atom stereocenters. The maximum Gasteiger partial charge on any atom is 1.00 e. The van der Waals surface area contributed by atoms with Crippen LogP contribution in [0.25, 0.3) is 12.2 Å². The summed E-state index contributed by atoms with van der Waals surface area (Å²) in [5, 5.41) is 15.9. The zero-order valence-electron chi connectivity index (χ0n) is 20.5. The Morgan fingerprint density at radius 2 is 1.59 bits per heavy atom. The average molecular weight is 529 g/mol. The van der Waals surface area contributed by atoms with Gasteiger partial charge in [-0.15, -0.1) is 0 Å². The Labute approximate surface area is 219 Å². The van der Waals surface area contributed by atoms with Gasteiger partial charge in [-0.25, -0.2) is 4.98 Å². The molecule has 0 saturated heterocycles. The molecule has 0 radical (unpaired) electrons. The van der Waals surface area contributed by atoms with Crippen LogP contribution >= 0.6 is 0 Å². The Morgan fingerprint density at radius 3 is 2.18 bits per heavy atom. The molecule has 8 nitrogen and oxygen atoms in total. The van der Waals surface area contributed by atoms with Gasteiger partial charge in [-0.3, -0.25) is 5.43 Å². The van der Waals surface area contributed by atoms with Crippen LogP contribution in [0.15, 0.2) is 57.9 Å². The second kappa shape index (κ2) is 15.2. The molecular formula is C24H33CuN8S. The first-order valence-corrected chi connectivity index (χ1v) is 11.1. The number of aromatic nitrogens is 1. The molecule has 2 aromatic rings. The van der Waals surface area contributed by atoms with E-state index in [1.807, 2.05) is 60.2 Å². The van der Waals surface area contributed by atoms with Crippen LogP contribution in [0.3, 0.4) is 0 Å². The van der Waals surface area contributed by atoms with Crippen LogP contribution in [-0.2, 0) is 29.7 Å². The van der Waals surface area contributed by atoms with Gasteiger partial charge in [-0.1, -0.05) is 24.3 Å². The fourth-order valence-electron chi connectivity index (χ4n) is 2.48. The van der Waals surface area contributed by atoms with Gasteiger partial charge < -0.3 is 27.7 Å². The van der Waals surface area contributed by atoms with Crippen molar-refractivity contribution >= 4 is 52.9 Å². The number of hydrazone groups is 1. The summed E-state index contributed by atoms with van der Waals surface area (Å²) in [5.41, 5.74) is 7.62. The number of benzene rings is 1. The minimum atomic E-state index is 0. The van der Waals surface area contributed by atoms with Gasteiger partial charge in [0.2, 0.25) is 0 Å². The summed E-state index contributed by atoms with van der Waals surface area (Å²) in [4.78, 5) is 8.55. The van der Waals surface area contributed by atoms with E-state index in [1.165, 1.54) is 5.69 Å². The Bertz CT molecular complexity index is 997. The van der Waals surface area contributed by atoms with Crippen molar-refractivity contribution in [1.29, 1.82) is 0 Å². The Morgan fingerprint density at radius 1 is 0.941 bits per heavy atom. The molecule has 1 aromatic carbocycles. The van der Waals surface area contributed by atoms with Crippen molar-refractivity contribution in [3.63, 3.8) is 0 Å². The third kappa shape index (κ3) is 10.9. The topological polar surface area (TPSA) is 80.5 Å². The molecule has 0 aliphatic carbocycles. The molecule has 0 spiro atoms. The quantitative estimate of drug-likeness (QED) is 0.161. The smallest absolute Gasteiger partial charge is 0.741 e. The molecule has 186 valence electrons. The second-order valence-corrected chi connectivity index (χ2v) is 8.31. The molecule has 0 bridgehead atoms. The normalized spacial score (nSPS) is 12.6. The van der Waals surface area contributed by atoms with E-state index >= 15 is 0 Å². The first-order chi connectivity index (χ1) is 15.7. The zero-order valence-corrected chi connectivity index (χ0v) is 22.3. The van der Waals surface area contributed by atoms with E-state index in [4.69, 9.17) is 12.6 Å². The van der Waals surface area contributed by atoms with Crippen molar-refractivity contribution < 1.29 is 17.1 Å². The maximum absolute atomic E-state index is 5.16. The number of hydrogen-bond donors (Lipinski definition) is 2. The van der Waals surface area contributed by atoms with Crippen molar-refractivity contribution in [2.45, 2.75) is 13.8 Å². The number of nitrogens with one attached hydrogen (secondary N) is 2. The number of anilines is 2. The van der Waals surface area contributed by atoms with Crippen LogP contribution in [0.5, 0.6) is 0 Å². The number of likely N-dealkylation sites (N-methyl/N-ethyl adjacent to an activating group) is 1. The summed E-state index contributed by atoms with van der Waals surface area (Å²) in [6, 6.07) is 12.2. The molecule has 2 N–H and O–H groups in total. The Balaban J connectivity index is 0.00000578. The molecule has 0 saturated carbocycles. The Kier molecular flexibility index (Phi) is 13.1. The van der Waals surface area contributed by atoms with E-state index in [1.54, 1.807) is 6.20 Å². The molecular weight excluding hydrogens is 496 g/mol. The molecule has 1 aromatic heterocycles. The van der Waals surface area contributed by atoms with E-state index in [9.17, 15) is 0 Å². The number of nitrogens with zero attached hydrogens (tertiary/aromatic N) is 6. The number of hydrogen-bond acceptors (Lipinski definition) is 8. The van der Waals surface area contributed by atoms with E-state index in [-0.39, 0.29) is 17.1 Å². The van der Waals surface area contributed by atoms with Crippen molar-refractivity contribution in [1.82, 2.24) is 15.2 Å². The standard InChI is InChI=1S/C24H34N8S.Cu/c1-18(19(2)28-30-24(33)25-15-16-31(3)4)27-29-23-14-11-21(17-26-23)8-7-20-9-12-22(13-10-20)32(5)6;/h7-14,17H,15-16H2,1-6H3,(H,26,29)(H2,25,30,33);/q;+1/p-1/b8-7+,27-18?,28-19?;. The molecule has 2 rings (SSSR count). The summed E-state index contributed by atoms with van der Waals surface area (Å²) in [7, 11) is 8.06. The van der Waals surface area contributed by atoms with Crippen LogP contribution in [0.2, 0.25) is 0 Å². The van der Waals surface area contributed by atoms with Gasteiger partial charge >= 0.3 is 17.1 Å². The summed E-state index contributed by atoms with van der Waals surface area (Å²) in [5.74, 6) is 0.646. The van der Waals surface area contributed by atoms with Crippen LogP contribution in [-0.4, -0.2) is 67.8 Å². The van der Waals surface area contributed by atoms with E-state index < -0.39 is 0 Å². The van der Waals surface area contributed by atoms with E-state index in [0.717, 1.165) is 24.2 Å². The first-order valence-electron chi connectivity index (χ1n) is 10.6. The van der Waals surface area contributed by atoms with Gasteiger partial charge in [0.15, 0.2) is 0 Å². The molecule has 0 aliphatic heterocycles. The molecule has 0 amide bonds. The summed E-state index contributed by atoms with van der Waals surface area (Å²) in [6.07, 6.45) is 5.89. The largest absolute Gasteiger partial charge is 1.00 e. The zero-order chi connectivity index (χ0) is 24.2. The minimum absolute atomic E-state index is 0. The van der Waals surface area contributed by atoms with Crippen molar-refractivity contribution in [2.75, 3.05) is 51.6 Å². The van der Waals surface area contributed by atoms with Crippen LogP contribution < -0.4 is 15.6 Å². The third-order valence-electron chi connectivity index (χ3n) is 4.65. The van der Waals surface area contributed by atoms with E-state index in [0.29, 0.717) is 22.4 Å². The molecule has 0 fully saturated rings. The fourth-order valence-corrected chi connectivity index (χ4v) is 2.63. The van der Waals surface area contributed by atoms with Crippen molar-refractivity contribution in [3.05, 3.63) is 53.7 Å². The monoisotopic (exact) mass is 528 g/mol. The predicted octanol–water partition coefficient (Wildman–Crippen LogP) is 3.53. The second-order valence-electron chi connectivity index (χ2n) is 7.93. The number of pyridine rings is 1. The van der Waals surface area contributed by atoms with Gasteiger partial charge in [0.1, 0.15) is 5.82 Å². The fraction of sp³-hybridized carbons (Fsp3) is 0.333. The molecule has 1 heterocycles. The molecule has 34 heavy (non-hydrogen) atoms. The molecule has 0 atom stereocenters. The SMILES string of the molecule is CC(=NN=C([S-])NCCN(C)C)C(C)=NNc1ccc(/C=C/c2ccc(N(C)C)cc2)cn1.[Cu+].